The minimum Gasteiger partial charge on any atom is -0.490 e. The molecule has 0 N–H and O–H groups in total. The van der Waals surface area contributed by atoms with E-state index in [0.29, 0.717) is 34.8 Å². The molecule has 144 valence electrons. The molecule has 0 atom stereocenters. The topological polar surface area (TPSA) is 30.8 Å². The van der Waals surface area contributed by atoms with Gasteiger partial charge >= 0.3 is 0 Å². The molecule has 0 amide bonds. The molecule has 3 aromatic rings. The Bertz CT molecular complexity index is 986. The van der Waals surface area contributed by atoms with Crippen molar-refractivity contribution < 1.29 is 9.47 Å². The molecule has 0 saturated carbocycles. The molecule has 0 bridgehead atoms. The van der Waals surface area contributed by atoms with Crippen LogP contribution in [0.3, 0.4) is 0 Å². The molecule has 0 aliphatic rings. The van der Waals surface area contributed by atoms with Crippen LogP contribution in [0.15, 0.2) is 65.7 Å². The zero-order chi connectivity index (χ0) is 19.9. The third kappa shape index (κ3) is 5.06. The molecule has 0 aliphatic heterocycles. The summed E-state index contributed by atoms with van der Waals surface area (Å²) < 4.78 is 11.7. The Morgan fingerprint density at radius 2 is 1.68 bits per heavy atom. The van der Waals surface area contributed by atoms with E-state index in [4.69, 9.17) is 32.7 Å². The van der Waals surface area contributed by atoms with Crippen molar-refractivity contribution in [2.24, 2.45) is 4.99 Å². The first-order valence-corrected chi connectivity index (χ1v) is 9.76. The summed E-state index contributed by atoms with van der Waals surface area (Å²) in [6.07, 6.45) is 1.77. The normalized spacial score (nSPS) is 11.0. The van der Waals surface area contributed by atoms with Gasteiger partial charge < -0.3 is 9.47 Å². The number of para-hydroxylation sites is 1. The Labute approximate surface area is 175 Å². The molecule has 3 aromatic carbocycles. The van der Waals surface area contributed by atoms with E-state index in [2.05, 4.69) is 4.99 Å². The Hall–Kier alpha value is -2.49. The average Bonchev–Trinajstić information content (AvgIpc) is 2.68. The first-order valence-electron chi connectivity index (χ1n) is 9.00. The quantitative estimate of drug-likeness (QED) is 0.389. The molecule has 0 unspecified atom stereocenters. The van der Waals surface area contributed by atoms with E-state index in [1.807, 2.05) is 74.5 Å². The zero-order valence-corrected chi connectivity index (χ0v) is 17.3. The van der Waals surface area contributed by atoms with Crippen LogP contribution in [0.1, 0.15) is 23.6 Å². The van der Waals surface area contributed by atoms with Crippen molar-refractivity contribution in [2.75, 3.05) is 6.61 Å². The average molecular weight is 414 g/mol. The Morgan fingerprint density at radius 3 is 2.43 bits per heavy atom. The third-order valence-electron chi connectivity index (χ3n) is 4.13. The standard InChI is InChI=1S/C23H21Cl2NO2/c1-3-27-22-13-17(14-26-21-11-7-4-8-16(21)2)12-20(25)23(22)28-15-18-9-5-6-10-19(18)24/h4-14H,3,15H2,1-2H3. The fourth-order valence-corrected chi connectivity index (χ4v) is 3.15. The van der Waals surface area contributed by atoms with Crippen LogP contribution >= 0.6 is 23.2 Å². The summed E-state index contributed by atoms with van der Waals surface area (Å²) in [5, 5.41) is 1.11. The minimum absolute atomic E-state index is 0.302. The first-order chi connectivity index (χ1) is 13.6. The van der Waals surface area contributed by atoms with E-state index in [9.17, 15) is 0 Å². The van der Waals surface area contributed by atoms with E-state index in [-0.39, 0.29) is 0 Å². The number of nitrogens with zero attached hydrogens (tertiary/aromatic N) is 1. The predicted molar refractivity (Wildman–Crippen MR) is 117 cm³/mol. The fraction of sp³-hybridized carbons (Fsp3) is 0.174. The summed E-state index contributed by atoms with van der Waals surface area (Å²) in [6.45, 7) is 4.74. The highest BCUT2D eigenvalue weighted by Crippen LogP contribution is 2.37. The second-order valence-electron chi connectivity index (χ2n) is 6.19. The molecular formula is C23H21Cl2NO2. The highest BCUT2D eigenvalue weighted by molar-refractivity contribution is 6.32. The first kappa shape index (κ1) is 20.2. The van der Waals surface area contributed by atoms with E-state index in [1.54, 1.807) is 6.21 Å². The summed E-state index contributed by atoms with van der Waals surface area (Å²) in [5.74, 6) is 1.07. The van der Waals surface area contributed by atoms with Gasteiger partial charge in [0.1, 0.15) is 6.61 Å². The fourth-order valence-electron chi connectivity index (χ4n) is 2.68. The molecule has 0 radical (unpaired) electrons. The maximum Gasteiger partial charge on any atom is 0.180 e. The van der Waals surface area contributed by atoms with Crippen molar-refractivity contribution in [2.45, 2.75) is 20.5 Å². The SMILES string of the molecule is CCOc1cc(C=Nc2ccccc2C)cc(Cl)c1OCc1ccccc1Cl. The van der Waals surface area contributed by atoms with E-state index in [1.165, 1.54) is 0 Å². The lowest BCUT2D eigenvalue weighted by Gasteiger charge is -2.15. The second-order valence-corrected chi connectivity index (χ2v) is 7.00. The summed E-state index contributed by atoms with van der Waals surface area (Å²) in [6, 6.07) is 19.2. The van der Waals surface area contributed by atoms with Gasteiger partial charge in [-0.25, -0.2) is 0 Å². The predicted octanol–water partition coefficient (Wildman–Crippen LogP) is 7.03. The van der Waals surface area contributed by atoms with Crippen molar-refractivity contribution in [1.29, 1.82) is 0 Å². The summed E-state index contributed by atoms with van der Waals surface area (Å²) >= 11 is 12.7. The summed E-state index contributed by atoms with van der Waals surface area (Å²) in [7, 11) is 0. The Morgan fingerprint density at radius 1 is 0.929 bits per heavy atom. The van der Waals surface area contributed by atoms with Crippen LogP contribution < -0.4 is 9.47 Å². The monoisotopic (exact) mass is 413 g/mol. The van der Waals surface area contributed by atoms with Gasteiger partial charge in [0.25, 0.3) is 0 Å². The van der Waals surface area contributed by atoms with Crippen LogP contribution in [0, 0.1) is 6.92 Å². The molecule has 0 spiro atoms. The molecule has 3 rings (SSSR count). The van der Waals surface area contributed by atoms with Crippen molar-refractivity contribution in [3.8, 4) is 11.5 Å². The molecule has 0 fully saturated rings. The van der Waals surface area contributed by atoms with Crippen LogP contribution in [0.4, 0.5) is 5.69 Å². The number of hydrogen-bond acceptors (Lipinski definition) is 3. The molecule has 0 aliphatic carbocycles. The van der Waals surface area contributed by atoms with Crippen molar-refractivity contribution in [3.05, 3.63) is 87.4 Å². The number of aliphatic imine (C=N–C) groups is 1. The second kappa shape index (κ2) is 9.63. The lowest BCUT2D eigenvalue weighted by atomic mass is 10.2. The van der Waals surface area contributed by atoms with Crippen LogP contribution in [0.25, 0.3) is 0 Å². The van der Waals surface area contributed by atoms with Crippen LogP contribution in [-0.4, -0.2) is 12.8 Å². The van der Waals surface area contributed by atoms with E-state index < -0.39 is 0 Å². The Balaban J connectivity index is 1.85. The smallest absolute Gasteiger partial charge is 0.180 e. The maximum absolute atomic E-state index is 6.49. The van der Waals surface area contributed by atoms with Gasteiger partial charge in [0, 0.05) is 16.8 Å². The van der Waals surface area contributed by atoms with Crippen LogP contribution in [0.5, 0.6) is 11.5 Å². The highest BCUT2D eigenvalue weighted by atomic mass is 35.5. The van der Waals surface area contributed by atoms with Gasteiger partial charge in [0.05, 0.1) is 17.3 Å². The number of rotatable bonds is 7. The molecule has 0 heterocycles. The van der Waals surface area contributed by atoms with Crippen molar-refractivity contribution in [1.82, 2.24) is 0 Å². The van der Waals surface area contributed by atoms with Crippen LogP contribution in [0.2, 0.25) is 10.0 Å². The lowest BCUT2D eigenvalue weighted by Crippen LogP contribution is -2.01. The van der Waals surface area contributed by atoms with Crippen molar-refractivity contribution in [3.63, 3.8) is 0 Å². The molecule has 0 saturated heterocycles. The zero-order valence-electron chi connectivity index (χ0n) is 15.8. The number of ether oxygens (including phenoxy) is 2. The summed E-state index contributed by atoms with van der Waals surface area (Å²) in [5.41, 5.74) is 3.74. The van der Waals surface area contributed by atoms with E-state index in [0.717, 1.165) is 22.4 Å². The molecule has 3 nitrogen and oxygen atoms in total. The molecule has 5 heteroatoms. The van der Waals surface area contributed by atoms with Gasteiger partial charge in [-0.3, -0.25) is 4.99 Å². The van der Waals surface area contributed by atoms with Gasteiger partial charge in [-0.15, -0.1) is 0 Å². The number of aryl methyl sites for hydroxylation is 1. The van der Waals surface area contributed by atoms with Gasteiger partial charge in [-0.1, -0.05) is 59.6 Å². The number of halogens is 2. The van der Waals surface area contributed by atoms with Crippen LogP contribution in [-0.2, 0) is 6.61 Å². The Kier molecular flexibility index (Phi) is 6.96. The molecule has 0 aromatic heterocycles. The van der Waals surface area contributed by atoms with Gasteiger partial charge in [0.2, 0.25) is 0 Å². The number of hydrogen-bond donors (Lipinski definition) is 0. The molecule has 28 heavy (non-hydrogen) atoms. The van der Waals surface area contributed by atoms with Gasteiger partial charge in [-0.2, -0.15) is 0 Å². The maximum atomic E-state index is 6.49. The van der Waals surface area contributed by atoms with Crippen molar-refractivity contribution >= 4 is 35.1 Å². The van der Waals surface area contributed by atoms with Gasteiger partial charge in [-0.05, 0) is 49.2 Å². The third-order valence-corrected chi connectivity index (χ3v) is 4.78. The van der Waals surface area contributed by atoms with E-state index >= 15 is 0 Å². The molecular weight excluding hydrogens is 393 g/mol. The lowest BCUT2D eigenvalue weighted by molar-refractivity contribution is 0.269. The van der Waals surface area contributed by atoms with Gasteiger partial charge in [0.15, 0.2) is 11.5 Å². The highest BCUT2D eigenvalue weighted by Gasteiger charge is 2.13. The largest absolute Gasteiger partial charge is 0.490 e. The minimum atomic E-state index is 0.302. The number of benzene rings is 3. The summed E-state index contributed by atoms with van der Waals surface area (Å²) in [4.78, 5) is 4.56.